The van der Waals surface area contributed by atoms with E-state index in [1.54, 1.807) is 47.3 Å². The zero-order chi connectivity index (χ0) is 14.8. The molecule has 0 atom stereocenters. The van der Waals surface area contributed by atoms with Crippen molar-refractivity contribution in [2.24, 2.45) is 0 Å². The van der Waals surface area contributed by atoms with Crippen LogP contribution in [0.3, 0.4) is 0 Å². The van der Waals surface area contributed by atoms with Crippen molar-refractivity contribution < 1.29 is 4.92 Å². The van der Waals surface area contributed by atoms with Crippen molar-refractivity contribution in [3.05, 3.63) is 75.9 Å². The van der Waals surface area contributed by atoms with Crippen LogP contribution < -0.4 is 0 Å². The van der Waals surface area contributed by atoms with Crippen LogP contribution in [-0.2, 0) is 0 Å². The summed E-state index contributed by atoms with van der Waals surface area (Å²) in [6, 6.07) is 15.5. The summed E-state index contributed by atoms with van der Waals surface area (Å²) in [5.74, 6) is 0. The molecule has 0 aliphatic rings. The van der Waals surface area contributed by atoms with Gasteiger partial charge in [-0.05, 0) is 30.3 Å². The first kappa shape index (κ1) is 13.3. The van der Waals surface area contributed by atoms with Crippen LogP contribution in [0.15, 0.2) is 60.8 Å². The topological polar surface area (TPSA) is 61.0 Å². The number of nitro groups is 1. The zero-order valence-electron chi connectivity index (χ0n) is 10.8. The molecule has 0 unspecified atom stereocenters. The Bertz CT molecular complexity index is 814. The molecule has 6 heteroatoms. The van der Waals surface area contributed by atoms with E-state index in [9.17, 15) is 10.1 Å². The van der Waals surface area contributed by atoms with Crippen molar-refractivity contribution in [2.75, 3.05) is 0 Å². The quantitative estimate of drug-likeness (QED) is 0.540. The predicted octanol–water partition coefficient (Wildman–Crippen LogP) is 4.10. The number of aromatic nitrogens is 2. The maximum absolute atomic E-state index is 11.2. The molecule has 0 saturated heterocycles. The van der Waals surface area contributed by atoms with E-state index in [-0.39, 0.29) is 5.69 Å². The highest BCUT2D eigenvalue weighted by atomic mass is 35.5. The molecule has 0 aliphatic carbocycles. The number of hydrogen-bond donors (Lipinski definition) is 0. The molecular weight excluding hydrogens is 290 g/mol. The van der Waals surface area contributed by atoms with Gasteiger partial charge in [0.1, 0.15) is 0 Å². The number of rotatable bonds is 3. The average molecular weight is 300 g/mol. The molecular formula is C15H10ClN3O2. The van der Waals surface area contributed by atoms with E-state index >= 15 is 0 Å². The fourth-order valence-corrected chi connectivity index (χ4v) is 2.35. The minimum absolute atomic E-state index is 0.0429. The second-order valence-corrected chi connectivity index (χ2v) is 4.82. The Morgan fingerprint density at radius 1 is 1.10 bits per heavy atom. The first-order chi connectivity index (χ1) is 10.2. The molecule has 3 rings (SSSR count). The fourth-order valence-electron chi connectivity index (χ4n) is 2.17. The van der Waals surface area contributed by atoms with Crippen LogP contribution in [0.1, 0.15) is 0 Å². The number of benzene rings is 2. The van der Waals surface area contributed by atoms with Gasteiger partial charge in [-0.15, -0.1) is 0 Å². The molecule has 0 N–H and O–H groups in total. The van der Waals surface area contributed by atoms with Crippen molar-refractivity contribution in [3.8, 4) is 16.9 Å². The third-order valence-electron chi connectivity index (χ3n) is 3.07. The van der Waals surface area contributed by atoms with Gasteiger partial charge in [0.2, 0.25) is 0 Å². The van der Waals surface area contributed by atoms with Crippen molar-refractivity contribution in [3.63, 3.8) is 0 Å². The van der Waals surface area contributed by atoms with E-state index in [4.69, 9.17) is 11.6 Å². The molecule has 2 aromatic carbocycles. The van der Waals surface area contributed by atoms with Gasteiger partial charge in [0.15, 0.2) is 0 Å². The highest BCUT2D eigenvalue weighted by Gasteiger charge is 2.18. The minimum atomic E-state index is -0.398. The molecule has 3 aromatic rings. The predicted molar refractivity (Wildman–Crippen MR) is 80.7 cm³/mol. The zero-order valence-corrected chi connectivity index (χ0v) is 11.6. The van der Waals surface area contributed by atoms with Gasteiger partial charge in [-0.2, -0.15) is 5.10 Å². The van der Waals surface area contributed by atoms with E-state index in [2.05, 4.69) is 5.10 Å². The summed E-state index contributed by atoms with van der Waals surface area (Å²) in [6.07, 6.45) is 1.60. The molecule has 0 aliphatic heterocycles. The molecule has 104 valence electrons. The third-order valence-corrected chi connectivity index (χ3v) is 3.31. The van der Waals surface area contributed by atoms with Crippen LogP contribution in [0.5, 0.6) is 0 Å². The lowest BCUT2D eigenvalue weighted by Gasteiger charge is -2.08. The normalized spacial score (nSPS) is 10.5. The van der Waals surface area contributed by atoms with Gasteiger partial charge in [0.05, 0.1) is 28.1 Å². The number of para-hydroxylation sites is 1. The average Bonchev–Trinajstić information content (AvgIpc) is 2.96. The van der Waals surface area contributed by atoms with Gasteiger partial charge in [0.25, 0.3) is 5.69 Å². The highest BCUT2D eigenvalue weighted by Crippen LogP contribution is 2.31. The summed E-state index contributed by atoms with van der Waals surface area (Å²) < 4.78 is 1.63. The maximum Gasteiger partial charge on any atom is 0.278 e. The van der Waals surface area contributed by atoms with E-state index < -0.39 is 4.92 Å². The lowest BCUT2D eigenvalue weighted by molar-refractivity contribution is -0.384. The van der Waals surface area contributed by atoms with E-state index in [0.29, 0.717) is 16.3 Å². The molecule has 0 amide bonds. The number of halogens is 1. The van der Waals surface area contributed by atoms with Gasteiger partial charge in [0, 0.05) is 11.1 Å². The van der Waals surface area contributed by atoms with Gasteiger partial charge < -0.3 is 0 Å². The SMILES string of the molecule is O=[N+]([O-])c1ccccc1-c1ccnn1-c1cccc(Cl)c1. The Morgan fingerprint density at radius 2 is 1.90 bits per heavy atom. The molecule has 5 nitrogen and oxygen atoms in total. The third kappa shape index (κ3) is 2.51. The highest BCUT2D eigenvalue weighted by molar-refractivity contribution is 6.30. The summed E-state index contributed by atoms with van der Waals surface area (Å²) in [6.45, 7) is 0. The molecule has 0 fully saturated rings. The van der Waals surface area contributed by atoms with Crippen molar-refractivity contribution in [2.45, 2.75) is 0 Å². The molecule has 0 spiro atoms. The van der Waals surface area contributed by atoms with Crippen LogP contribution >= 0.6 is 11.6 Å². The Morgan fingerprint density at radius 3 is 2.67 bits per heavy atom. The van der Waals surface area contributed by atoms with Gasteiger partial charge in [-0.3, -0.25) is 10.1 Å². The fraction of sp³-hybridized carbons (Fsp3) is 0. The van der Waals surface area contributed by atoms with Gasteiger partial charge >= 0.3 is 0 Å². The monoisotopic (exact) mass is 299 g/mol. The first-order valence-electron chi connectivity index (χ1n) is 6.20. The van der Waals surface area contributed by atoms with Crippen LogP contribution in [0.4, 0.5) is 5.69 Å². The minimum Gasteiger partial charge on any atom is -0.258 e. The summed E-state index contributed by atoms with van der Waals surface area (Å²) in [7, 11) is 0. The number of hydrogen-bond acceptors (Lipinski definition) is 3. The standard InChI is InChI=1S/C15H10ClN3O2/c16-11-4-3-5-12(10-11)18-14(8-9-17-18)13-6-1-2-7-15(13)19(20)21/h1-10H. The van der Waals surface area contributed by atoms with Crippen molar-refractivity contribution >= 4 is 17.3 Å². The first-order valence-corrected chi connectivity index (χ1v) is 6.58. The van der Waals surface area contributed by atoms with Gasteiger partial charge in [-0.1, -0.05) is 29.8 Å². The largest absolute Gasteiger partial charge is 0.278 e. The molecule has 21 heavy (non-hydrogen) atoms. The number of nitro benzene ring substituents is 1. The van der Waals surface area contributed by atoms with Crippen LogP contribution in [0.25, 0.3) is 16.9 Å². The van der Waals surface area contributed by atoms with Gasteiger partial charge in [-0.25, -0.2) is 4.68 Å². The second kappa shape index (κ2) is 5.38. The Hall–Kier alpha value is -2.66. The van der Waals surface area contributed by atoms with Crippen molar-refractivity contribution in [1.82, 2.24) is 9.78 Å². The van der Waals surface area contributed by atoms with E-state index in [0.717, 1.165) is 5.69 Å². The smallest absolute Gasteiger partial charge is 0.258 e. The molecule has 0 saturated carbocycles. The lowest BCUT2D eigenvalue weighted by Crippen LogP contribution is -2.00. The Labute approximate surface area is 125 Å². The maximum atomic E-state index is 11.2. The van der Waals surface area contributed by atoms with E-state index in [1.807, 2.05) is 12.1 Å². The Kier molecular flexibility index (Phi) is 3.41. The molecule has 1 aromatic heterocycles. The van der Waals surface area contributed by atoms with Crippen LogP contribution in [0, 0.1) is 10.1 Å². The summed E-state index contributed by atoms with van der Waals surface area (Å²) >= 11 is 5.99. The summed E-state index contributed by atoms with van der Waals surface area (Å²) in [5.41, 5.74) is 1.95. The summed E-state index contributed by atoms with van der Waals surface area (Å²) in [4.78, 5) is 10.8. The molecule has 0 bridgehead atoms. The lowest BCUT2D eigenvalue weighted by atomic mass is 10.1. The molecule has 0 radical (unpaired) electrons. The second-order valence-electron chi connectivity index (χ2n) is 4.38. The van der Waals surface area contributed by atoms with Crippen LogP contribution in [-0.4, -0.2) is 14.7 Å². The summed E-state index contributed by atoms with van der Waals surface area (Å²) in [5, 5.41) is 16.0. The number of nitrogens with zero attached hydrogens (tertiary/aromatic N) is 3. The molecule has 1 heterocycles. The van der Waals surface area contributed by atoms with Crippen LogP contribution in [0.2, 0.25) is 5.02 Å². The Balaban J connectivity index is 2.19. The van der Waals surface area contributed by atoms with Crippen molar-refractivity contribution in [1.29, 1.82) is 0 Å². The van der Waals surface area contributed by atoms with E-state index in [1.165, 1.54) is 6.07 Å².